The van der Waals surface area contributed by atoms with Gasteiger partial charge < -0.3 is 9.84 Å². The second-order valence-corrected chi connectivity index (χ2v) is 3.10. The van der Waals surface area contributed by atoms with Crippen LogP contribution in [0.4, 0.5) is 0 Å². The highest BCUT2D eigenvalue weighted by Gasteiger charge is 2.09. The van der Waals surface area contributed by atoms with E-state index in [2.05, 4.69) is 4.74 Å². The summed E-state index contributed by atoms with van der Waals surface area (Å²) >= 11 is 5.49. The number of benzene rings is 1. The zero-order valence-corrected chi connectivity index (χ0v) is 8.49. The van der Waals surface area contributed by atoms with Gasteiger partial charge in [0, 0.05) is 0 Å². The first-order chi connectivity index (χ1) is 6.69. The maximum Gasteiger partial charge on any atom is 0.337 e. The molecule has 0 saturated carbocycles. The van der Waals surface area contributed by atoms with Gasteiger partial charge in [0.15, 0.2) is 0 Å². The molecule has 0 bridgehead atoms. The van der Waals surface area contributed by atoms with Gasteiger partial charge in [-0.2, -0.15) is 0 Å². The zero-order chi connectivity index (χ0) is 10.6. The van der Waals surface area contributed by atoms with E-state index in [1.54, 1.807) is 24.3 Å². The number of hydrogen-bond acceptors (Lipinski definition) is 3. The van der Waals surface area contributed by atoms with Crippen LogP contribution in [0, 0.1) is 0 Å². The number of carbonyl (C=O) groups is 1. The van der Waals surface area contributed by atoms with E-state index in [4.69, 9.17) is 11.6 Å². The summed E-state index contributed by atoms with van der Waals surface area (Å²) in [6.45, 7) is 0. The molecule has 0 aliphatic heterocycles. The van der Waals surface area contributed by atoms with Gasteiger partial charge >= 0.3 is 5.97 Å². The largest absolute Gasteiger partial charge is 0.465 e. The van der Waals surface area contributed by atoms with E-state index >= 15 is 0 Å². The Kier molecular flexibility index (Phi) is 3.92. The van der Waals surface area contributed by atoms with Crippen molar-refractivity contribution >= 4 is 17.6 Å². The molecule has 0 spiro atoms. The third-order valence-electron chi connectivity index (χ3n) is 1.84. The molecule has 0 fully saturated rings. The fourth-order valence-electron chi connectivity index (χ4n) is 1.08. The third kappa shape index (κ3) is 2.47. The number of ether oxygens (including phenoxy) is 1. The predicted octanol–water partition coefficient (Wildman–Crippen LogP) is 1.75. The van der Waals surface area contributed by atoms with Crippen molar-refractivity contribution in [3.05, 3.63) is 35.4 Å². The second-order valence-electron chi connectivity index (χ2n) is 2.79. The second kappa shape index (κ2) is 4.98. The van der Waals surface area contributed by atoms with E-state index < -0.39 is 12.1 Å². The molecule has 1 aromatic carbocycles. The van der Waals surface area contributed by atoms with Crippen LogP contribution in [0.1, 0.15) is 22.0 Å². The SMILES string of the molecule is COC(=O)c1cccc(C(O)CCl)c1. The van der Waals surface area contributed by atoms with Crippen molar-refractivity contribution in [1.29, 1.82) is 0 Å². The van der Waals surface area contributed by atoms with E-state index in [9.17, 15) is 9.90 Å². The number of hydrogen-bond donors (Lipinski definition) is 1. The van der Waals surface area contributed by atoms with Gasteiger partial charge in [-0.25, -0.2) is 4.79 Å². The molecule has 0 saturated heterocycles. The molecule has 1 rings (SSSR count). The van der Waals surface area contributed by atoms with Gasteiger partial charge in [-0.15, -0.1) is 11.6 Å². The monoisotopic (exact) mass is 214 g/mol. The van der Waals surface area contributed by atoms with Crippen molar-refractivity contribution in [2.75, 3.05) is 13.0 Å². The topological polar surface area (TPSA) is 46.5 Å². The molecule has 0 aliphatic rings. The molecule has 0 amide bonds. The number of aliphatic hydroxyl groups excluding tert-OH is 1. The molecule has 1 N–H and O–H groups in total. The lowest BCUT2D eigenvalue weighted by Gasteiger charge is -2.07. The standard InChI is InChI=1S/C10H11ClO3/c1-14-10(13)8-4-2-3-7(5-8)9(12)6-11/h2-5,9,12H,6H2,1H3. The van der Waals surface area contributed by atoms with Gasteiger partial charge in [0.2, 0.25) is 0 Å². The molecule has 1 aromatic rings. The number of carbonyl (C=O) groups excluding carboxylic acids is 1. The molecular formula is C10H11ClO3. The van der Waals surface area contributed by atoms with Gasteiger partial charge in [0.1, 0.15) is 0 Å². The Bertz CT molecular complexity index is 325. The van der Waals surface area contributed by atoms with Crippen LogP contribution < -0.4 is 0 Å². The Morgan fingerprint density at radius 3 is 2.93 bits per heavy atom. The minimum atomic E-state index is -0.749. The lowest BCUT2D eigenvalue weighted by atomic mass is 10.1. The summed E-state index contributed by atoms with van der Waals surface area (Å²) in [6.07, 6.45) is -0.749. The van der Waals surface area contributed by atoms with Gasteiger partial charge in [0.25, 0.3) is 0 Å². The quantitative estimate of drug-likeness (QED) is 0.616. The van der Waals surface area contributed by atoms with E-state index in [0.29, 0.717) is 11.1 Å². The fourth-order valence-corrected chi connectivity index (χ4v) is 1.26. The molecule has 0 aliphatic carbocycles. The first-order valence-electron chi connectivity index (χ1n) is 4.11. The highest BCUT2D eigenvalue weighted by atomic mass is 35.5. The van der Waals surface area contributed by atoms with Gasteiger partial charge in [-0.3, -0.25) is 0 Å². The molecule has 3 nitrogen and oxygen atoms in total. The Hall–Kier alpha value is -1.06. The van der Waals surface area contributed by atoms with Gasteiger partial charge in [-0.1, -0.05) is 12.1 Å². The molecule has 0 aromatic heterocycles. The summed E-state index contributed by atoms with van der Waals surface area (Å²) in [6, 6.07) is 6.58. The minimum Gasteiger partial charge on any atom is -0.465 e. The zero-order valence-electron chi connectivity index (χ0n) is 7.74. The smallest absolute Gasteiger partial charge is 0.337 e. The first kappa shape index (κ1) is 11.0. The maximum absolute atomic E-state index is 11.1. The molecule has 76 valence electrons. The van der Waals surface area contributed by atoms with Crippen molar-refractivity contribution in [2.45, 2.75) is 6.10 Å². The Labute approximate surface area is 87.3 Å². The number of aliphatic hydroxyl groups is 1. The van der Waals surface area contributed by atoms with Crippen molar-refractivity contribution in [3.8, 4) is 0 Å². The summed E-state index contributed by atoms with van der Waals surface area (Å²) in [7, 11) is 1.31. The Morgan fingerprint density at radius 1 is 1.64 bits per heavy atom. The normalized spacial score (nSPS) is 12.2. The average molecular weight is 215 g/mol. The molecule has 4 heteroatoms. The van der Waals surface area contributed by atoms with Crippen LogP contribution in [-0.4, -0.2) is 24.1 Å². The molecule has 1 unspecified atom stereocenters. The molecule has 14 heavy (non-hydrogen) atoms. The van der Waals surface area contributed by atoms with Crippen LogP contribution in [0.15, 0.2) is 24.3 Å². The first-order valence-corrected chi connectivity index (χ1v) is 4.64. The maximum atomic E-state index is 11.1. The summed E-state index contributed by atoms with van der Waals surface area (Å²) in [5, 5.41) is 9.42. The van der Waals surface area contributed by atoms with E-state index in [-0.39, 0.29) is 5.88 Å². The number of methoxy groups -OCH3 is 1. The van der Waals surface area contributed by atoms with Crippen molar-refractivity contribution < 1.29 is 14.6 Å². The highest BCUT2D eigenvalue weighted by molar-refractivity contribution is 6.18. The molecular weight excluding hydrogens is 204 g/mol. The summed E-state index contributed by atoms with van der Waals surface area (Å²) in [4.78, 5) is 11.1. The molecule has 0 radical (unpaired) electrons. The lowest BCUT2D eigenvalue weighted by Crippen LogP contribution is -2.04. The third-order valence-corrected chi connectivity index (χ3v) is 2.13. The highest BCUT2D eigenvalue weighted by Crippen LogP contribution is 2.16. The average Bonchev–Trinajstić information content (AvgIpc) is 2.27. The number of esters is 1. The Morgan fingerprint density at radius 2 is 2.36 bits per heavy atom. The molecule has 1 atom stereocenters. The lowest BCUT2D eigenvalue weighted by molar-refractivity contribution is 0.0600. The van der Waals surface area contributed by atoms with Crippen LogP contribution in [0.3, 0.4) is 0 Å². The Balaban J connectivity index is 2.95. The summed E-state index contributed by atoms with van der Waals surface area (Å²) in [5.74, 6) is -0.321. The number of alkyl halides is 1. The van der Waals surface area contributed by atoms with Crippen molar-refractivity contribution in [1.82, 2.24) is 0 Å². The summed E-state index contributed by atoms with van der Waals surface area (Å²) in [5.41, 5.74) is 1.03. The minimum absolute atomic E-state index is 0.102. The van der Waals surface area contributed by atoms with E-state index in [1.165, 1.54) is 7.11 Å². The van der Waals surface area contributed by atoms with Crippen LogP contribution >= 0.6 is 11.6 Å². The van der Waals surface area contributed by atoms with Crippen LogP contribution in [0.5, 0.6) is 0 Å². The number of rotatable bonds is 3. The number of halogens is 1. The molecule has 0 heterocycles. The van der Waals surface area contributed by atoms with Gasteiger partial charge in [-0.05, 0) is 17.7 Å². The summed E-state index contributed by atoms with van der Waals surface area (Å²) < 4.78 is 4.55. The van der Waals surface area contributed by atoms with Crippen molar-refractivity contribution in [2.24, 2.45) is 0 Å². The van der Waals surface area contributed by atoms with Crippen LogP contribution in [-0.2, 0) is 4.74 Å². The fraction of sp³-hybridized carbons (Fsp3) is 0.300. The predicted molar refractivity (Wildman–Crippen MR) is 53.5 cm³/mol. The van der Waals surface area contributed by atoms with Crippen LogP contribution in [0.25, 0.3) is 0 Å². The van der Waals surface area contributed by atoms with Crippen molar-refractivity contribution in [3.63, 3.8) is 0 Å². The van der Waals surface area contributed by atoms with Gasteiger partial charge in [0.05, 0.1) is 24.7 Å². The van der Waals surface area contributed by atoms with E-state index in [0.717, 1.165) is 0 Å². The van der Waals surface area contributed by atoms with Crippen LogP contribution in [0.2, 0.25) is 0 Å². The van der Waals surface area contributed by atoms with E-state index in [1.807, 2.05) is 0 Å².